The number of hydrogen-bond acceptors (Lipinski definition) is 13. The summed E-state index contributed by atoms with van der Waals surface area (Å²) < 4.78 is 0.671. The van der Waals surface area contributed by atoms with E-state index in [1.54, 1.807) is 0 Å². The van der Waals surface area contributed by atoms with Crippen molar-refractivity contribution in [2.75, 3.05) is 50.8 Å². The number of benzene rings is 1. The SMILES string of the molecule is Nc1nc(/C(=N/OCC=O)C(=O)N[C@@H]2C(=O)N3C(C(=O)O)=C(C[N+]45CCC(CNC(=O)c6ccc(O)c(O)c6Cl)(CC4)CC5)CS[C@H]23)cs1. The van der Waals surface area contributed by atoms with Crippen LogP contribution in [-0.4, -0.2) is 122 Å². The van der Waals surface area contributed by atoms with Gasteiger partial charge in [0.2, 0.25) is 0 Å². The molecule has 0 saturated carbocycles. The molecule has 16 nitrogen and oxygen atoms in total. The minimum Gasteiger partial charge on any atom is -0.504 e. The topological polar surface area (TPSA) is 234 Å². The number of thiazole rings is 1. The number of fused-ring (bicyclic) bond motifs is 4. The van der Waals surface area contributed by atoms with Gasteiger partial charge in [-0.3, -0.25) is 24.1 Å². The molecular formula is C30H33ClN7O9S2+. The van der Waals surface area contributed by atoms with E-state index in [1.807, 2.05) is 0 Å². The second kappa shape index (κ2) is 13.5. The molecular weight excluding hydrogens is 702 g/mol. The van der Waals surface area contributed by atoms with Gasteiger partial charge in [0, 0.05) is 47.9 Å². The number of piperidine rings is 3. The Morgan fingerprint density at radius 1 is 1.22 bits per heavy atom. The molecule has 0 aliphatic carbocycles. The number of hydrogen-bond donors (Lipinski definition) is 6. The van der Waals surface area contributed by atoms with Gasteiger partial charge in [-0.2, -0.15) is 0 Å². The van der Waals surface area contributed by atoms with E-state index in [9.17, 15) is 39.3 Å². The Kier molecular flexibility index (Phi) is 9.49. The number of aldehydes is 1. The van der Waals surface area contributed by atoms with Crippen molar-refractivity contribution < 1.29 is 48.6 Å². The van der Waals surface area contributed by atoms with Gasteiger partial charge in [-0.1, -0.05) is 16.8 Å². The first-order chi connectivity index (χ1) is 23.4. The molecule has 5 aliphatic heterocycles. The van der Waals surface area contributed by atoms with Crippen molar-refractivity contribution in [1.29, 1.82) is 0 Å². The molecule has 6 heterocycles. The maximum Gasteiger partial charge on any atom is 0.352 e. The average Bonchev–Trinajstić information content (AvgIpc) is 3.53. The number of nitrogens with zero attached hydrogens (tertiary/aromatic N) is 4. The van der Waals surface area contributed by atoms with Crippen molar-refractivity contribution in [3.63, 3.8) is 0 Å². The number of carboxylic acids is 1. The number of nitrogens with one attached hydrogen (secondary N) is 2. The van der Waals surface area contributed by atoms with Gasteiger partial charge in [0.15, 0.2) is 35.2 Å². The minimum atomic E-state index is -1.22. The first-order valence-corrected chi connectivity index (χ1v) is 17.6. The number of aromatic hydroxyl groups is 2. The lowest BCUT2D eigenvalue weighted by Crippen LogP contribution is -2.71. The van der Waals surface area contributed by atoms with Gasteiger partial charge >= 0.3 is 5.97 Å². The fourth-order valence-corrected chi connectivity index (χ4v) is 9.01. The smallest absolute Gasteiger partial charge is 0.352 e. The standard InChI is InChI=1S/C30H32ClN7O9S2/c31-19-16(1-2-18(40)23(19)41)24(42)33-14-30-3-6-38(7-4-30,8-5-30)11-15-12-48-27-21(26(44)37(27)22(15)28(45)46)35-25(43)20(36-47-10-9-39)17-13-49-29(32)34-17/h1-2,9,13,21,27H,3-8,10-12,14H2,(H6-,32,33,34,35,36,40,41,42,43,45,46)/p+1/t21-,27-,30?,38?/m1/s1. The number of oxime groups is 1. The van der Waals surface area contributed by atoms with Crippen LogP contribution in [0.15, 0.2) is 33.9 Å². The summed E-state index contributed by atoms with van der Waals surface area (Å²) in [5, 5.41) is 39.8. The second-order valence-electron chi connectivity index (χ2n) is 12.5. The molecule has 49 heavy (non-hydrogen) atoms. The fraction of sp³-hybridized carbons (Fsp3) is 0.433. The molecule has 7 N–H and O–H groups in total. The van der Waals surface area contributed by atoms with Crippen molar-refractivity contribution in [3.8, 4) is 11.5 Å². The number of phenolic OH excluding ortho intramolecular Hbond substituents is 2. The third-order valence-corrected chi connectivity index (χ3v) is 12.0. The molecule has 19 heteroatoms. The van der Waals surface area contributed by atoms with Crippen LogP contribution < -0.4 is 16.4 Å². The van der Waals surface area contributed by atoms with Crippen LogP contribution in [0.1, 0.15) is 35.3 Å². The molecule has 2 aromatic rings. The van der Waals surface area contributed by atoms with Gasteiger partial charge in [0.05, 0.1) is 30.2 Å². The van der Waals surface area contributed by atoms with Crippen LogP contribution in [0.3, 0.4) is 0 Å². The summed E-state index contributed by atoms with van der Waals surface area (Å²) in [7, 11) is 0. The van der Waals surface area contributed by atoms with E-state index in [0.717, 1.165) is 50.2 Å². The van der Waals surface area contributed by atoms with E-state index in [2.05, 4.69) is 20.8 Å². The number of β-lactam (4-membered cyclic amide) rings is 1. The van der Waals surface area contributed by atoms with Crippen molar-refractivity contribution in [3.05, 3.63) is 45.1 Å². The predicted molar refractivity (Wildman–Crippen MR) is 178 cm³/mol. The zero-order valence-electron chi connectivity index (χ0n) is 25.9. The Morgan fingerprint density at radius 3 is 2.57 bits per heavy atom. The monoisotopic (exact) mass is 734 g/mol. The van der Waals surface area contributed by atoms with Gasteiger partial charge in [-0.05, 0) is 12.1 Å². The summed E-state index contributed by atoms with van der Waals surface area (Å²) in [6.07, 6.45) is 2.86. The second-order valence-corrected chi connectivity index (χ2v) is 14.9. The number of carbonyl (C=O) groups is 5. The van der Waals surface area contributed by atoms with Crippen molar-refractivity contribution in [2.45, 2.75) is 30.7 Å². The number of thioether (sulfide) groups is 1. The molecule has 3 amide bonds. The normalized spacial score (nSPS) is 26.1. The quantitative estimate of drug-likeness (QED) is 0.0339. The van der Waals surface area contributed by atoms with Crippen LogP contribution in [0.25, 0.3) is 0 Å². The number of nitrogens with two attached hydrogens (primary N) is 1. The highest BCUT2D eigenvalue weighted by molar-refractivity contribution is 8.00. The number of quaternary nitrogens is 1. The number of phenols is 2. The first kappa shape index (κ1) is 34.5. The third-order valence-electron chi connectivity index (χ3n) is 9.65. The molecule has 4 fully saturated rings. The van der Waals surface area contributed by atoms with E-state index < -0.39 is 53.2 Å². The molecule has 7 rings (SSSR count). The van der Waals surface area contributed by atoms with E-state index in [4.69, 9.17) is 22.2 Å². The number of rotatable bonds is 12. The van der Waals surface area contributed by atoms with Crippen LogP contribution in [0.2, 0.25) is 5.02 Å². The average molecular weight is 735 g/mol. The molecule has 2 atom stereocenters. The van der Waals surface area contributed by atoms with Gasteiger partial charge in [-0.25, -0.2) is 9.78 Å². The highest BCUT2D eigenvalue weighted by Gasteiger charge is 2.56. The molecule has 1 aromatic heterocycles. The van der Waals surface area contributed by atoms with Crippen molar-refractivity contribution in [1.82, 2.24) is 20.5 Å². The molecule has 2 bridgehead atoms. The number of aromatic nitrogens is 1. The highest BCUT2D eigenvalue weighted by atomic mass is 35.5. The Labute approximate surface area is 292 Å². The number of carboxylic acid groups (broad SMARTS) is 1. The lowest BCUT2D eigenvalue weighted by molar-refractivity contribution is -0.941. The summed E-state index contributed by atoms with van der Waals surface area (Å²) in [5.74, 6) is -3.63. The number of carbonyl (C=O) groups excluding carboxylic acids is 4. The summed E-state index contributed by atoms with van der Waals surface area (Å²) >= 11 is 8.50. The molecule has 0 spiro atoms. The van der Waals surface area contributed by atoms with E-state index in [1.165, 1.54) is 34.2 Å². The molecule has 1 aromatic carbocycles. The Morgan fingerprint density at radius 2 is 1.94 bits per heavy atom. The Hall–Kier alpha value is -4.39. The van der Waals surface area contributed by atoms with Crippen LogP contribution in [0.4, 0.5) is 5.13 Å². The maximum atomic E-state index is 13.4. The summed E-state index contributed by atoms with van der Waals surface area (Å²) in [6, 6.07) is 1.54. The number of nitrogen functional groups attached to an aromatic ring is 1. The minimum absolute atomic E-state index is 0.0640. The summed E-state index contributed by atoms with van der Waals surface area (Å²) in [5.41, 5.74) is 6.03. The zero-order valence-corrected chi connectivity index (χ0v) is 28.3. The number of aliphatic carboxylic acids is 1. The van der Waals surface area contributed by atoms with Crippen LogP contribution in [-0.2, 0) is 24.0 Å². The van der Waals surface area contributed by atoms with Gasteiger partial charge in [0.1, 0.15) is 29.4 Å². The molecule has 0 radical (unpaired) electrons. The fourth-order valence-electron chi connectivity index (χ4n) is 6.88. The van der Waals surface area contributed by atoms with Crippen LogP contribution in [0.5, 0.6) is 11.5 Å². The number of amides is 3. The Bertz CT molecular complexity index is 1770. The third kappa shape index (κ3) is 6.52. The first-order valence-electron chi connectivity index (χ1n) is 15.3. The number of halogens is 1. The number of anilines is 1. The Balaban J connectivity index is 1.10. The molecule has 4 saturated heterocycles. The van der Waals surface area contributed by atoms with E-state index in [0.29, 0.717) is 35.2 Å². The summed E-state index contributed by atoms with van der Waals surface area (Å²) in [4.78, 5) is 72.8. The molecule has 0 unspecified atom stereocenters. The van der Waals surface area contributed by atoms with Crippen LogP contribution in [0, 0.1) is 5.41 Å². The zero-order chi connectivity index (χ0) is 35.1. The highest BCUT2D eigenvalue weighted by Crippen LogP contribution is 2.46. The largest absolute Gasteiger partial charge is 0.504 e. The lowest BCUT2D eigenvalue weighted by Gasteiger charge is -2.56. The van der Waals surface area contributed by atoms with Crippen molar-refractivity contribution in [2.24, 2.45) is 10.6 Å². The van der Waals surface area contributed by atoms with Crippen molar-refractivity contribution >= 4 is 75.5 Å². The van der Waals surface area contributed by atoms with Crippen LogP contribution >= 0.6 is 34.7 Å². The summed E-state index contributed by atoms with van der Waals surface area (Å²) in [6.45, 7) is 2.77. The van der Waals surface area contributed by atoms with E-state index in [-0.39, 0.29) is 38.2 Å². The predicted octanol–water partition coefficient (Wildman–Crippen LogP) is 0.879. The van der Waals surface area contributed by atoms with Gasteiger partial charge in [-0.15, -0.1) is 23.1 Å². The van der Waals surface area contributed by atoms with Gasteiger partial charge in [0.25, 0.3) is 17.7 Å². The lowest BCUT2D eigenvalue weighted by atomic mass is 9.70. The maximum absolute atomic E-state index is 13.4. The molecule has 260 valence electrons. The molecule has 5 aliphatic rings. The van der Waals surface area contributed by atoms with E-state index >= 15 is 0 Å². The van der Waals surface area contributed by atoms with Gasteiger partial charge < -0.3 is 41.0 Å².